The van der Waals surface area contributed by atoms with Gasteiger partial charge in [-0.25, -0.2) is 4.39 Å². The molecule has 0 aliphatic rings. The number of rotatable bonds is 4. The van der Waals surface area contributed by atoms with Gasteiger partial charge in [0, 0.05) is 5.56 Å². The van der Waals surface area contributed by atoms with Gasteiger partial charge >= 0.3 is 6.18 Å². The van der Waals surface area contributed by atoms with Gasteiger partial charge in [0.15, 0.2) is 0 Å². The first-order valence-corrected chi connectivity index (χ1v) is 6.07. The maximum absolute atomic E-state index is 13.3. The number of nitrogens with one attached hydrogen (secondary N) is 1. The van der Waals surface area contributed by atoms with Crippen LogP contribution in [0.3, 0.4) is 0 Å². The summed E-state index contributed by atoms with van der Waals surface area (Å²) in [5.74, 6) is -0.760. The average molecular weight is 287 g/mol. The molecule has 1 heterocycles. The van der Waals surface area contributed by atoms with Crippen LogP contribution in [0.15, 0.2) is 34.9 Å². The van der Waals surface area contributed by atoms with Crippen LogP contribution in [-0.2, 0) is 12.7 Å². The Morgan fingerprint density at radius 2 is 1.95 bits per heavy atom. The molecule has 2 nitrogen and oxygen atoms in total. The first-order chi connectivity index (χ1) is 9.43. The summed E-state index contributed by atoms with van der Waals surface area (Å²) in [6.07, 6.45) is -3.32. The van der Waals surface area contributed by atoms with Crippen LogP contribution in [0.1, 0.15) is 18.2 Å². The number of hydrogen-bond acceptors (Lipinski definition) is 2. The van der Waals surface area contributed by atoms with Crippen molar-refractivity contribution in [1.82, 2.24) is 5.32 Å². The van der Waals surface area contributed by atoms with Gasteiger partial charge in [0.05, 0.1) is 18.4 Å². The fraction of sp³-hybridized carbons (Fsp3) is 0.286. The van der Waals surface area contributed by atoms with Crippen LogP contribution < -0.4 is 5.32 Å². The minimum absolute atomic E-state index is 0.278. The molecule has 1 N–H and O–H groups in total. The van der Waals surface area contributed by atoms with Crippen LogP contribution in [0.2, 0.25) is 0 Å². The molecule has 0 spiro atoms. The van der Waals surface area contributed by atoms with Crippen LogP contribution in [0.4, 0.5) is 17.6 Å². The lowest BCUT2D eigenvalue weighted by atomic mass is 10.0. The topological polar surface area (TPSA) is 25.2 Å². The third kappa shape index (κ3) is 3.01. The number of alkyl halides is 3. The molecule has 1 aromatic heterocycles. The van der Waals surface area contributed by atoms with E-state index in [4.69, 9.17) is 4.42 Å². The van der Waals surface area contributed by atoms with Gasteiger partial charge in [-0.1, -0.05) is 13.0 Å². The molecule has 0 unspecified atom stereocenters. The van der Waals surface area contributed by atoms with Crippen molar-refractivity contribution in [2.24, 2.45) is 0 Å². The predicted octanol–water partition coefficient (Wildman–Crippen LogP) is 4.21. The van der Waals surface area contributed by atoms with Gasteiger partial charge in [-0.15, -0.1) is 0 Å². The van der Waals surface area contributed by atoms with Crippen LogP contribution in [-0.4, -0.2) is 6.54 Å². The summed E-state index contributed by atoms with van der Waals surface area (Å²) in [6.45, 7) is 3.01. The number of furan rings is 1. The SMILES string of the molecule is CCNCc1occc1-c1ccc(F)c(C(F)(F)F)c1. The van der Waals surface area contributed by atoms with Gasteiger partial charge in [-0.05, 0) is 30.3 Å². The lowest BCUT2D eigenvalue weighted by Crippen LogP contribution is -2.12. The number of halogens is 4. The fourth-order valence-corrected chi connectivity index (χ4v) is 1.88. The Morgan fingerprint density at radius 1 is 1.20 bits per heavy atom. The van der Waals surface area contributed by atoms with Crippen LogP contribution in [0.5, 0.6) is 0 Å². The highest BCUT2D eigenvalue weighted by Crippen LogP contribution is 2.35. The Labute approximate surface area is 113 Å². The van der Waals surface area contributed by atoms with E-state index < -0.39 is 17.6 Å². The van der Waals surface area contributed by atoms with Gasteiger partial charge in [-0.2, -0.15) is 13.2 Å². The maximum Gasteiger partial charge on any atom is 0.419 e. The van der Waals surface area contributed by atoms with E-state index >= 15 is 0 Å². The molecule has 1 aromatic carbocycles. The molecule has 0 saturated heterocycles. The van der Waals surface area contributed by atoms with Crippen molar-refractivity contribution in [2.45, 2.75) is 19.6 Å². The third-order valence-corrected chi connectivity index (χ3v) is 2.86. The molecular weight excluding hydrogens is 274 g/mol. The molecule has 0 bridgehead atoms. The molecule has 0 radical (unpaired) electrons. The third-order valence-electron chi connectivity index (χ3n) is 2.86. The standard InChI is InChI=1S/C14H13F4NO/c1-2-19-8-13-10(5-6-20-13)9-3-4-12(15)11(7-9)14(16,17)18/h3-7,19H,2,8H2,1H3. The van der Waals surface area contributed by atoms with Gasteiger partial charge in [0.2, 0.25) is 0 Å². The molecule has 0 aliphatic heterocycles. The lowest BCUT2D eigenvalue weighted by Gasteiger charge is -2.10. The monoisotopic (exact) mass is 287 g/mol. The summed E-state index contributed by atoms with van der Waals surface area (Å²) >= 11 is 0. The molecule has 0 fully saturated rings. The molecule has 108 valence electrons. The zero-order chi connectivity index (χ0) is 14.8. The second kappa shape index (κ2) is 5.66. The molecule has 2 aromatic rings. The van der Waals surface area contributed by atoms with Crippen molar-refractivity contribution in [3.63, 3.8) is 0 Å². The Bertz CT molecular complexity index is 589. The summed E-state index contributed by atoms with van der Waals surface area (Å²) in [5, 5.41) is 3.03. The number of benzene rings is 1. The molecule has 6 heteroatoms. The smallest absolute Gasteiger partial charge is 0.419 e. The van der Waals surface area contributed by atoms with Crippen molar-refractivity contribution in [3.05, 3.63) is 47.7 Å². The van der Waals surface area contributed by atoms with Gasteiger partial charge in [0.1, 0.15) is 11.6 Å². The van der Waals surface area contributed by atoms with Crippen molar-refractivity contribution < 1.29 is 22.0 Å². The summed E-state index contributed by atoms with van der Waals surface area (Å²) in [5.41, 5.74) is -0.470. The quantitative estimate of drug-likeness (QED) is 0.852. The summed E-state index contributed by atoms with van der Waals surface area (Å²) in [4.78, 5) is 0. The van der Waals surface area contributed by atoms with Gasteiger partial charge < -0.3 is 9.73 Å². The van der Waals surface area contributed by atoms with E-state index in [1.54, 1.807) is 6.07 Å². The zero-order valence-corrected chi connectivity index (χ0v) is 10.7. The second-order valence-corrected chi connectivity index (χ2v) is 4.23. The normalized spacial score (nSPS) is 11.8. The lowest BCUT2D eigenvalue weighted by molar-refractivity contribution is -0.139. The average Bonchev–Trinajstić information content (AvgIpc) is 2.84. The largest absolute Gasteiger partial charge is 0.467 e. The maximum atomic E-state index is 13.3. The van der Waals surface area contributed by atoms with E-state index in [1.807, 2.05) is 6.92 Å². The van der Waals surface area contributed by atoms with E-state index in [0.717, 1.165) is 12.1 Å². The first-order valence-electron chi connectivity index (χ1n) is 6.07. The van der Waals surface area contributed by atoms with E-state index in [-0.39, 0.29) is 5.56 Å². The molecule has 0 amide bonds. The minimum Gasteiger partial charge on any atom is -0.467 e. The van der Waals surface area contributed by atoms with Crippen LogP contribution in [0.25, 0.3) is 11.1 Å². The Balaban J connectivity index is 2.41. The summed E-state index contributed by atoms with van der Waals surface area (Å²) < 4.78 is 56.6. The highest BCUT2D eigenvalue weighted by molar-refractivity contribution is 5.66. The fourth-order valence-electron chi connectivity index (χ4n) is 1.88. The summed E-state index contributed by atoms with van der Waals surface area (Å²) in [7, 11) is 0. The second-order valence-electron chi connectivity index (χ2n) is 4.23. The summed E-state index contributed by atoms with van der Waals surface area (Å²) in [6, 6.07) is 4.50. The van der Waals surface area contributed by atoms with Crippen LogP contribution in [0, 0.1) is 5.82 Å². The highest BCUT2D eigenvalue weighted by Gasteiger charge is 2.34. The van der Waals surface area contributed by atoms with Crippen molar-refractivity contribution in [3.8, 4) is 11.1 Å². The van der Waals surface area contributed by atoms with E-state index in [1.165, 1.54) is 12.3 Å². The molecule has 0 aliphatic carbocycles. The molecule has 0 saturated carbocycles. The van der Waals surface area contributed by atoms with Crippen molar-refractivity contribution in [2.75, 3.05) is 6.54 Å². The molecule has 0 atom stereocenters. The predicted molar refractivity (Wildman–Crippen MR) is 66.5 cm³/mol. The van der Waals surface area contributed by atoms with Gasteiger partial charge in [0.25, 0.3) is 0 Å². The van der Waals surface area contributed by atoms with Crippen molar-refractivity contribution >= 4 is 0 Å². The first kappa shape index (κ1) is 14.6. The van der Waals surface area contributed by atoms with E-state index in [0.29, 0.717) is 24.4 Å². The Morgan fingerprint density at radius 3 is 2.60 bits per heavy atom. The Kier molecular flexibility index (Phi) is 4.13. The number of hydrogen-bond donors (Lipinski definition) is 1. The van der Waals surface area contributed by atoms with E-state index in [9.17, 15) is 17.6 Å². The highest BCUT2D eigenvalue weighted by atomic mass is 19.4. The Hall–Kier alpha value is -1.82. The van der Waals surface area contributed by atoms with Gasteiger partial charge in [-0.3, -0.25) is 0 Å². The molecule has 2 rings (SSSR count). The molecular formula is C14H13F4NO. The zero-order valence-electron chi connectivity index (χ0n) is 10.7. The van der Waals surface area contributed by atoms with Crippen LogP contribution >= 0.6 is 0 Å². The minimum atomic E-state index is -4.72. The molecule has 20 heavy (non-hydrogen) atoms. The van der Waals surface area contributed by atoms with Crippen molar-refractivity contribution in [1.29, 1.82) is 0 Å². The van der Waals surface area contributed by atoms with E-state index in [2.05, 4.69) is 5.32 Å².